The van der Waals surface area contributed by atoms with E-state index in [4.69, 9.17) is 10.5 Å². The van der Waals surface area contributed by atoms with Crippen molar-refractivity contribution < 1.29 is 4.74 Å². The summed E-state index contributed by atoms with van der Waals surface area (Å²) in [7, 11) is 0. The Bertz CT molecular complexity index is 258. The van der Waals surface area contributed by atoms with Crippen molar-refractivity contribution in [3.63, 3.8) is 0 Å². The predicted molar refractivity (Wildman–Crippen MR) is 74.5 cm³/mol. The minimum Gasteiger partial charge on any atom is -0.374 e. The molecule has 0 bridgehead atoms. The second-order valence-corrected chi connectivity index (χ2v) is 7.24. The Morgan fingerprint density at radius 3 is 2.88 bits per heavy atom. The lowest BCUT2D eigenvalue weighted by molar-refractivity contribution is -0.0656. The molecule has 2 aliphatic heterocycles. The molecule has 0 aromatic carbocycles. The molecular formula is C13H26N2OS. The van der Waals surface area contributed by atoms with Crippen LogP contribution < -0.4 is 5.73 Å². The molecule has 2 rings (SSSR count). The number of nitrogens with zero attached hydrogens (tertiary/aromatic N) is 1. The Hall–Kier alpha value is 0.230. The van der Waals surface area contributed by atoms with Crippen molar-refractivity contribution >= 4 is 11.8 Å². The highest BCUT2D eigenvalue weighted by Gasteiger charge is 2.38. The number of rotatable bonds is 2. The van der Waals surface area contributed by atoms with Crippen LogP contribution in [-0.2, 0) is 4.74 Å². The standard InChI is InChI=1S/C13H26N2OS/c1-10(14)11-8-15(5-6-16-11)12-9-17-7-4-13(12,2)3/h10-12H,4-9,14H2,1-3H3. The van der Waals surface area contributed by atoms with E-state index < -0.39 is 0 Å². The molecule has 0 aromatic heterocycles. The van der Waals surface area contributed by atoms with Crippen molar-refractivity contribution in [1.82, 2.24) is 4.90 Å². The normalized spacial score (nSPS) is 36.7. The van der Waals surface area contributed by atoms with E-state index in [9.17, 15) is 0 Å². The highest BCUT2D eigenvalue weighted by atomic mass is 32.2. The van der Waals surface area contributed by atoms with Gasteiger partial charge < -0.3 is 10.5 Å². The molecule has 3 atom stereocenters. The molecule has 3 unspecified atom stereocenters. The molecule has 0 amide bonds. The quantitative estimate of drug-likeness (QED) is 0.816. The molecule has 100 valence electrons. The van der Waals surface area contributed by atoms with Gasteiger partial charge in [-0.3, -0.25) is 4.90 Å². The van der Waals surface area contributed by atoms with Gasteiger partial charge in [-0.1, -0.05) is 13.8 Å². The van der Waals surface area contributed by atoms with Crippen molar-refractivity contribution in [2.45, 2.75) is 45.4 Å². The third kappa shape index (κ3) is 3.16. The lowest BCUT2D eigenvalue weighted by Crippen LogP contribution is -2.57. The van der Waals surface area contributed by atoms with Crippen LogP contribution in [0, 0.1) is 5.41 Å². The fraction of sp³-hybridized carbons (Fsp3) is 1.00. The molecule has 0 spiro atoms. The summed E-state index contributed by atoms with van der Waals surface area (Å²) in [4.78, 5) is 2.61. The van der Waals surface area contributed by atoms with E-state index in [1.165, 1.54) is 17.9 Å². The van der Waals surface area contributed by atoms with E-state index >= 15 is 0 Å². The molecule has 0 aromatic rings. The van der Waals surface area contributed by atoms with Crippen LogP contribution in [0.15, 0.2) is 0 Å². The average Bonchev–Trinajstić information content (AvgIpc) is 2.28. The summed E-state index contributed by atoms with van der Waals surface area (Å²) in [5.74, 6) is 2.57. The maximum atomic E-state index is 5.97. The molecule has 2 N–H and O–H groups in total. The number of hydrogen-bond donors (Lipinski definition) is 1. The number of nitrogens with two attached hydrogens (primary N) is 1. The van der Waals surface area contributed by atoms with E-state index in [1.807, 2.05) is 0 Å². The molecular weight excluding hydrogens is 232 g/mol. The number of ether oxygens (including phenoxy) is 1. The van der Waals surface area contributed by atoms with E-state index in [0.29, 0.717) is 11.5 Å². The molecule has 17 heavy (non-hydrogen) atoms. The summed E-state index contributed by atoms with van der Waals surface area (Å²) in [5, 5.41) is 0. The summed E-state index contributed by atoms with van der Waals surface area (Å²) in [6.07, 6.45) is 1.54. The van der Waals surface area contributed by atoms with Crippen LogP contribution in [0.1, 0.15) is 27.2 Å². The fourth-order valence-corrected chi connectivity index (χ4v) is 4.54. The zero-order valence-corrected chi connectivity index (χ0v) is 12.1. The van der Waals surface area contributed by atoms with Gasteiger partial charge in [0.15, 0.2) is 0 Å². The molecule has 0 saturated carbocycles. The zero-order chi connectivity index (χ0) is 12.5. The molecule has 0 radical (unpaired) electrons. The summed E-state index contributed by atoms with van der Waals surface area (Å²) in [5.41, 5.74) is 6.41. The molecule has 2 saturated heterocycles. The monoisotopic (exact) mass is 258 g/mol. The number of morpholine rings is 1. The zero-order valence-electron chi connectivity index (χ0n) is 11.3. The maximum Gasteiger partial charge on any atom is 0.0850 e. The van der Waals surface area contributed by atoms with Crippen molar-refractivity contribution in [2.24, 2.45) is 11.1 Å². The second-order valence-electron chi connectivity index (χ2n) is 6.09. The Labute approximate surface area is 109 Å². The van der Waals surface area contributed by atoms with Crippen molar-refractivity contribution in [3.05, 3.63) is 0 Å². The van der Waals surface area contributed by atoms with Gasteiger partial charge in [0, 0.05) is 30.9 Å². The first kappa shape index (κ1) is 13.7. The van der Waals surface area contributed by atoms with Gasteiger partial charge in [-0.2, -0.15) is 11.8 Å². The Morgan fingerprint density at radius 2 is 2.24 bits per heavy atom. The second kappa shape index (κ2) is 5.47. The van der Waals surface area contributed by atoms with Gasteiger partial charge in [0.05, 0.1) is 12.7 Å². The molecule has 2 fully saturated rings. The lowest BCUT2D eigenvalue weighted by Gasteiger charge is -2.48. The lowest BCUT2D eigenvalue weighted by atomic mass is 9.81. The smallest absolute Gasteiger partial charge is 0.0850 e. The van der Waals surface area contributed by atoms with Crippen LogP contribution in [0.25, 0.3) is 0 Å². The van der Waals surface area contributed by atoms with Gasteiger partial charge in [-0.15, -0.1) is 0 Å². The summed E-state index contributed by atoms with van der Waals surface area (Å²) in [6.45, 7) is 9.78. The third-order valence-corrected chi connectivity index (χ3v) is 5.26. The van der Waals surface area contributed by atoms with Gasteiger partial charge in [-0.25, -0.2) is 0 Å². The van der Waals surface area contributed by atoms with Crippen LogP contribution in [-0.4, -0.2) is 54.3 Å². The summed E-state index contributed by atoms with van der Waals surface area (Å²) >= 11 is 2.09. The van der Waals surface area contributed by atoms with E-state index in [2.05, 4.69) is 37.4 Å². The van der Waals surface area contributed by atoms with Gasteiger partial charge >= 0.3 is 0 Å². The molecule has 2 heterocycles. The average molecular weight is 258 g/mol. The maximum absolute atomic E-state index is 5.97. The van der Waals surface area contributed by atoms with Crippen molar-refractivity contribution in [3.8, 4) is 0 Å². The number of thioether (sulfide) groups is 1. The Kier molecular flexibility index (Phi) is 4.40. The summed E-state index contributed by atoms with van der Waals surface area (Å²) < 4.78 is 5.76. The predicted octanol–water partition coefficient (Wildman–Crippen LogP) is 1.57. The minimum absolute atomic E-state index is 0.136. The molecule has 4 heteroatoms. The SMILES string of the molecule is CC(N)C1CN(C2CSCCC2(C)C)CCO1. The first-order chi connectivity index (χ1) is 8.00. The van der Waals surface area contributed by atoms with Crippen molar-refractivity contribution in [2.75, 3.05) is 31.2 Å². The first-order valence-corrected chi connectivity index (χ1v) is 7.85. The fourth-order valence-electron chi connectivity index (χ4n) is 2.82. The summed E-state index contributed by atoms with van der Waals surface area (Å²) in [6, 6.07) is 0.823. The minimum atomic E-state index is 0.136. The topological polar surface area (TPSA) is 38.5 Å². The third-order valence-electron chi connectivity index (χ3n) is 4.22. The van der Waals surface area contributed by atoms with Gasteiger partial charge in [0.25, 0.3) is 0 Å². The van der Waals surface area contributed by atoms with Crippen LogP contribution in [0.4, 0.5) is 0 Å². The van der Waals surface area contributed by atoms with Gasteiger partial charge in [0.2, 0.25) is 0 Å². The molecule has 0 aliphatic carbocycles. The Balaban J connectivity index is 2.00. The van der Waals surface area contributed by atoms with Gasteiger partial charge in [-0.05, 0) is 24.5 Å². The first-order valence-electron chi connectivity index (χ1n) is 6.70. The van der Waals surface area contributed by atoms with Crippen LogP contribution in [0.2, 0.25) is 0 Å². The van der Waals surface area contributed by atoms with Crippen LogP contribution in [0.5, 0.6) is 0 Å². The van der Waals surface area contributed by atoms with Gasteiger partial charge in [0.1, 0.15) is 0 Å². The van der Waals surface area contributed by atoms with E-state index in [-0.39, 0.29) is 12.1 Å². The highest BCUT2D eigenvalue weighted by Crippen LogP contribution is 2.37. The largest absolute Gasteiger partial charge is 0.374 e. The highest BCUT2D eigenvalue weighted by molar-refractivity contribution is 7.99. The number of hydrogen-bond acceptors (Lipinski definition) is 4. The van der Waals surface area contributed by atoms with E-state index in [0.717, 1.165) is 19.7 Å². The Morgan fingerprint density at radius 1 is 1.47 bits per heavy atom. The van der Waals surface area contributed by atoms with Crippen LogP contribution in [0.3, 0.4) is 0 Å². The van der Waals surface area contributed by atoms with Crippen LogP contribution >= 0.6 is 11.8 Å². The van der Waals surface area contributed by atoms with Crippen molar-refractivity contribution in [1.29, 1.82) is 0 Å². The van der Waals surface area contributed by atoms with E-state index in [1.54, 1.807) is 0 Å². The molecule has 3 nitrogen and oxygen atoms in total. The molecule has 2 aliphatic rings.